The minimum atomic E-state index is -0.535. The predicted molar refractivity (Wildman–Crippen MR) is 71.7 cm³/mol. The van der Waals surface area contributed by atoms with Gasteiger partial charge in [0.15, 0.2) is 0 Å². The van der Waals surface area contributed by atoms with E-state index in [9.17, 15) is 9.90 Å². The maximum Gasteiger partial charge on any atom is 0.311 e. The summed E-state index contributed by atoms with van der Waals surface area (Å²) in [4.78, 5) is 15.6. The first-order valence-electron chi connectivity index (χ1n) is 5.72. The Hall–Kier alpha value is -1.20. The van der Waals surface area contributed by atoms with Gasteiger partial charge < -0.3 is 9.84 Å². The van der Waals surface area contributed by atoms with Crippen molar-refractivity contribution in [2.75, 3.05) is 7.11 Å². The summed E-state index contributed by atoms with van der Waals surface area (Å²) in [6, 6.07) is 0. The molecule has 1 unspecified atom stereocenters. The Morgan fingerprint density at radius 2 is 2.39 bits per heavy atom. The largest absolute Gasteiger partial charge is 0.469 e. The third-order valence-corrected chi connectivity index (χ3v) is 4.11. The number of nitrogens with zero attached hydrogens (tertiary/aromatic N) is 1. The molecule has 100 valence electrons. The first kappa shape index (κ1) is 14.9. The lowest BCUT2D eigenvalue weighted by Crippen LogP contribution is -2.33. The number of esters is 1. The molecule has 0 saturated heterocycles. The molecule has 0 aliphatic heterocycles. The van der Waals surface area contributed by atoms with E-state index in [4.69, 9.17) is 0 Å². The number of aromatic nitrogens is 1. The molecule has 1 rings (SSSR count). The molecule has 4 nitrogen and oxygen atoms in total. The minimum Gasteiger partial charge on any atom is -0.469 e. The number of methoxy groups -OCH3 is 1. The molecule has 1 aromatic rings. The van der Waals surface area contributed by atoms with Crippen LogP contribution in [0.2, 0.25) is 0 Å². The highest BCUT2D eigenvalue weighted by Gasteiger charge is 2.32. The monoisotopic (exact) mass is 269 g/mol. The lowest BCUT2D eigenvalue weighted by atomic mass is 9.85. The topological polar surface area (TPSA) is 59.4 Å². The van der Waals surface area contributed by atoms with Crippen molar-refractivity contribution in [1.82, 2.24) is 4.98 Å². The second-order valence-electron chi connectivity index (χ2n) is 4.66. The minimum absolute atomic E-state index is 0.167. The fraction of sp³-hybridized carbons (Fsp3) is 0.538. The van der Waals surface area contributed by atoms with Crippen molar-refractivity contribution >= 4 is 17.3 Å². The third kappa shape index (κ3) is 3.40. The van der Waals surface area contributed by atoms with Crippen LogP contribution in [0.25, 0.3) is 0 Å². The molecule has 0 aliphatic carbocycles. The Balaban J connectivity index is 2.83. The number of rotatable bonds is 6. The van der Waals surface area contributed by atoms with Crippen molar-refractivity contribution in [2.45, 2.75) is 38.2 Å². The van der Waals surface area contributed by atoms with Crippen LogP contribution < -0.4 is 0 Å². The second kappa shape index (κ2) is 6.11. The zero-order valence-electron chi connectivity index (χ0n) is 11.0. The number of aliphatic hydroxyl groups is 1. The van der Waals surface area contributed by atoms with E-state index in [1.54, 1.807) is 6.08 Å². The van der Waals surface area contributed by atoms with Gasteiger partial charge in [0.2, 0.25) is 0 Å². The highest BCUT2D eigenvalue weighted by molar-refractivity contribution is 7.09. The molecule has 18 heavy (non-hydrogen) atoms. The molecule has 0 fully saturated rings. The van der Waals surface area contributed by atoms with Gasteiger partial charge in [-0.1, -0.05) is 19.9 Å². The molecule has 1 atom stereocenters. The molecular formula is C13H19NO3S. The van der Waals surface area contributed by atoms with Gasteiger partial charge in [0.1, 0.15) is 5.01 Å². The third-order valence-electron chi connectivity index (χ3n) is 2.88. The van der Waals surface area contributed by atoms with E-state index in [2.05, 4.69) is 16.3 Å². The van der Waals surface area contributed by atoms with E-state index >= 15 is 0 Å². The molecule has 0 radical (unpaired) electrons. The highest BCUT2D eigenvalue weighted by Crippen LogP contribution is 2.31. The summed E-state index contributed by atoms with van der Waals surface area (Å²) < 4.78 is 4.60. The number of hydrogen-bond donors (Lipinski definition) is 1. The van der Waals surface area contributed by atoms with Crippen LogP contribution in [0.15, 0.2) is 18.0 Å². The smallest absolute Gasteiger partial charge is 0.311 e. The Labute approximate surface area is 111 Å². The zero-order valence-corrected chi connectivity index (χ0v) is 11.8. The Morgan fingerprint density at radius 3 is 2.94 bits per heavy atom. The Bertz CT molecular complexity index is 426. The summed E-state index contributed by atoms with van der Waals surface area (Å²) in [7, 11) is 1.35. The van der Waals surface area contributed by atoms with Crippen LogP contribution in [0.1, 0.15) is 31.0 Å². The molecule has 1 N–H and O–H groups in total. The van der Waals surface area contributed by atoms with Gasteiger partial charge >= 0.3 is 5.97 Å². The number of carbonyl (C=O) groups is 1. The molecule has 0 spiro atoms. The van der Waals surface area contributed by atoms with E-state index in [0.29, 0.717) is 12.1 Å². The summed E-state index contributed by atoms with van der Waals surface area (Å²) in [5.41, 5.74) is 0.230. The van der Waals surface area contributed by atoms with Gasteiger partial charge in [-0.05, 0) is 6.42 Å². The lowest BCUT2D eigenvalue weighted by Gasteiger charge is -2.27. The molecule has 0 amide bonds. The molecule has 0 bridgehead atoms. The first-order chi connectivity index (χ1) is 8.41. The first-order valence-corrected chi connectivity index (χ1v) is 6.60. The molecule has 1 heterocycles. The quantitative estimate of drug-likeness (QED) is 0.634. The molecule has 5 heteroatoms. The van der Waals surface area contributed by atoms with Crippen molar-refractivity contribution in [1.29, 1.82) is 0 Å². The second-order valence-corrected chi connectivity index (χ2v) is 5.52. The molecule has 0 saturated carbocycles. The summed E-state index contributed by atoms with van der Waals surface area (Å²) in [6.07, 6.45) is 1.83. The predicted octanol–water partition coefficient (Wildman–Crippen LogP) is 2.07. The highest BCUT2D eigenvalue weighted by atomic mass is 32.1. The van der Waals surface area contributed by atoms with Gasteiger partial charge in [-0.2, -0.15) is 0 Å². The SMILES string of the molecule is C=CCC(O)C(C)(C)c1nc(CC(=O)OC)cs1. The average molecular weight is 269 g/mol. The molecule has 1 aromatic heterocycles. The van der Waals surface area contributed by atoms with Crippen LogP contribution in [-0.2, 0) is 21.4 Å². The van der Waals surface area contributed by atoms with Gasteiger partial charge in [-0.25, -0.2) is 4.98 Å². The van der Waals surface area contributed by atoms with Crippen LogP contribution in [-0.4, -0.2) is 29.3 Å². The van der Waals surface area contributed by atoms with Gasteiger partial charge in [-0.15, -0.1) is 17.9 Å². The lowest BCUT2D eigenvalue weighted by molar-refractivity contribution is -0.139. The number of hydrogen-bond acceptors (Lipinski definition) is 5. The number of carbonyl (C=O) groups excluding carboxylic acids is 1. The van der Waals surface area contributed by atoms with E-state index in [-0.39, 0.29) is 12.4 Å². The number of thiazole rings is 1. The number of aliphatic hydroxyl groups excluding tert-OH is 1. The summed E-state index contributed by atoms with van der Waals surface area (Å²) in [5, 5.41) is 12.7. The van der Waals surface area contributed by atoms with Gasteiger partial charge in [0.05, 0.1) is 25.3 Å². The number of ether oxygens (including phenoxy) is 1. The maximum absolute atomic E-state index is 11.2. The van der Waals surface area contributed by atoms with Crippen molar-refractivity contribution in [3.05, 3.63) is 28.7 Å². The average Bonchev–Trinajstić information content (AvgIpc) is 2.78. The van der Waals surface area contributed by atoms with E-state index in [1.165, 1.54) is 18.4 Å². The van der Waals surface area contributed by atoms with E-state index < -0.39 is 11.5 Å². The molecule has 0 aliphatic rings. The van der Waals surface area contributed by atoms with Gasteiger partial charge in [-0.3, -0.25) is 4.79 Å². The standard InChI is InChI=1S/C13H19NO3S/c1-5-6-10(15)13(2,3)12-14-9(8-18-12)7-11(16)17-4/h5,8,10,15H,1,6-7H2,2-4H3. The van der Waals surface area contributed by atoms with Crippen molar-refractivity contribution < 1.29 is 14.6 Å². The summed E-state index contributed by atoms with van der Waals surface area (Å²) in [5.74, 6) is -0.309. The fourth-order valence-electron chi connectivity index (χ4n) is 1.50. The summed E-state index contributed by atoms with van der Waals surface area (Å²) >= 11 is 1.45. The van der Waals surface area contributed by atoms with Crippen molar-refractivity contribution in [3.8, 4) is 0 Å². The molecule has 0 aromatic carbocycles. The van der Waals surface area contributed by atoms with Crippen LogP contribution in [0, 0.1) is 0 Å². The van der Waals surface area contributed by atoms with Crippen LogP contribution >= 0.6 is 11.3 Å². The normalized spacial score (nSPS) is 13.1. The van der Waals surface area contributed by atoms with Crippen LogP contribution in [0.4, 0.5) is 0 Å². The van der Waals surface area contributed by atoms with Crippen molar-refractivity contribution in [2.24, 2.45) is 0 Å². The Morgan fingerprint density at radius 1 is 1.72 bits per heavy atom. The van der Waals surface area contributed by atoms with Gasteiger partial charge in [0.25, 0.3) is 0 Å². The fourth-order valence-corrected chi connectivity index (χ4v) is 2.49. The van der Waals surface area contributed by atoms with Crippen LogP contribution in [0.3, 0.4) is 0 Å². The maximum atomic E-state index is 11.2. The van der Waals surface area contributed by atoms with Crippen LogP contribution in [0.5, 0.6) is 0 Å². The zero-order chi connectivity index (χ0) is 13.8. The molecular weight excluding hydrogens is 250 g/mol. The summed E-state index contributed by atoms with van der Waals surface area (Å²) in [6.45, 7) is 7.49. The van der Waals surface area contributed by atoms with Crippen molar-refractivity contribution in [3.63, 3.8) is 0 Å². The Kier molecular flexibility index (Phi) is 5.04. The van der Waals surface area contributed by atoms with E-state index in [1.807, 2.05) is 19.2 Å². The van der Waals surface area contributed by atoms with E-state index in [0.717, 1.165) is 5.01 Å². The van der Waals surface area contributed by atoms with Gasteiger partial charge in [0, 0.05) is 10.8 Å².